The molecule has 0 unspecified atom stereocenters. The van der Waals surface area contributed by atoms with E-state index in [9.17, 15) is 0 Å². The third kappa shape index (κ3) is 2.35. The van der Waals surface area contributed by atoms with Gasteiger partial charge in [0.25, 0.3) is 0 Å². The number of aromatic amines is 1. The van der Waals surface area contributed by atoms with Crippen LogP contribution in [0.1, 0.15) is 50.9 Å². The van der Waals surface area contributed by atoms with Crippen molar-refractivity contribution in [1.29, 1.82) is 0 Å². The smallest absolute Gasteiger partial charge is 0.0729 e. The van der Waals surface area contributed by atoms with Crippen molar-refractivity contribution in [2.75, 3.05) is 0 Å². The quantitative estimate of drug-likeness (QED) is 0.675. The zero-order valence-electron chi connectivity index (χ0n) is 13.1. The number of nitrogens with zero attached hydrogens (tertiary/aromatic N) is 1. The summed E-state index contributed by atoms with van der Waals surface area (Å²) in [5.41, 5.74) is 4.97. The molecule has 0 fully saturated rings. The second kappa shape index (κ2) is 5.36. The predicted octanol–water partition coefficient (Wildman–Crippen LogP) is 5.48. The van der Waals surface area contributed by atoms with Gasteiger partial charge in [0.15, 0.2) is 0 Å². The normalized spacial score (nSPS) is 11.7. The maximum Gasteiger partial charge on any atom is 0.0729 e. The topological polar surface area (TPSA) is 28.7 Å². The van der Waals surface area contributed by atoms with Crippen LogP contribution < -0.4 is 0 Å². The Balaban J connectivity index is 2.34. The second-order valence-electron chi connectivity index (χ2n) is 6.23. The highest BCUT2D eigenvalue weighted by molar-refractivity contribution is 5.97. The van der Waals surface area contributed by atoms with E-state index in [0.29, 0.717) is 11.8 Å². The fourth-order valence-corrected chi connectivity index (χ4v) is 2.93. The lowest BCUT2D eigenvalue weighted by atomic mass is 9.90. The minimum absolute atomic E-state index is 0.405. The molecule has 2 nitrogen and oxygen atoms in total. The third-order valence-electron chi connectivity index (χ3n) is 4.01. The van der Waals surface area contributed by atoms with E-state index in [0.717, 1.165) is 5.69 Å². The first-order valence-electron chi connectivity index (χ1n) is 7.66. The van der Waals surface area contributed by atoms with Crippen LogP contribution >= 0.6 is 0 Å². The van der Waals surface area contributed by atoms with Gasteiger partial charge in [0.1, 0.15) is 0 Å². The number of hydrogen-bond acceptors (Lipinski definition) is 1. The minimum Gasteiger partial charge on any atom is -0.281 e. The summed E-state index contributed by atoms with van der Waals surface area (Å²) in [6.07, 6.45) is 0. The van der Waals surface area contributed by atoms with Crippen molar-refractivity contribution in [1.82, 2.24) is 10.2 Å². The Morgan fingerprint density at radius 3 is 2.29 bits per heavy atom. The molecule has 0 aliphatic carbocycles. The number of nitrogens with one attached hydrogen (secondary N) is 1. The number of fused-ring (bicyclic) bond motifs is 1. The van der Waals surface area contributed by atoms with Gasteiger partial charge in [-0.15, -0.1) is 0 Å². The van der Waals surface area contributed by atoms with Gasteiger partial charge in [0, 0.05) is 11.3 Å². The fraction of sp³-hybridized carbons (Fsp3) is 0.316. The summed E-state index contributed by atoms with van der Waals surface area (Å²) in [4.78, 5) is 0. The lowest BCUT2D eigenvalue weighted by Gasteiger charge is -2.13. The molecule has 1 heterocycles. The van der Waals surface area contributed by atoms with Crippen molar-refractivity contribution >= 4 is 10.8 Å². The van der Waals surface area contributed by atoms with Crippen LogP contribution in [-0.2, 0) is 0 Å². The summed E-state index contributed by atoms with van der Waals surface area (Å²) in [6, 6.07) is 15.1. The van der Waals surface area contributed by atoms with Crippen molar-refractivity contribution < 1.29 is 0 Å². The minimum atomic E-state index is 0.405. The molecule has 0 atom stereocenters. The molecule has 0 saturated heterocycles. The van der Waals surface area contributed by atoms with E-state index >= 15 is 0 Å². The lowest BCUT2D eigenvalue weighted by Crippen LogP contribution is -1.95. The van der Waals surface area contributed by atoms with Crippen LogP contribution in [0.25, 0.3) is 21.9 Å². The summed E-state index contributed by atoms with van der Waals surface area (Å²) in [5, 5.41) is 10.4. The summed E-state index contributed by atoms with van der Waals surface area (Å²) < 4.78 is 0. The molecule has 0 amide bonds. The molecule has 0 aliphatic rings. The summed E-state index contributed by atoms with van der Waals surface area (Å²) in [7, 11) is 0. The first-order chi connectivity index (χ1) is 10.1. The van der Waals surface area contributed by atoms with Crippen LogP contribution in [0.15, 0.2) is 42.5 Å². The summed E-state index contributed by atoms with van der Waals surface area (Å²) >= 11 is 0. The van der Waals surface area contributed by atoms with Gasteiger partial charge in [-0.3, -0.25) is 5.10 Å². The molecule has 0 radical (unpaired) electrons. The third-order valence-corrected chi connectivity index (χ3v) is 4.01. The summed E-state index contributed by atoms with van der Waals surface area (Å²) in [5.74, 6) is 0.835. The Hall–Kier alpha value is -2.09. The number of aromatic nitrogens is 2. The lowest BCUT2D eigenvalue weighted by molar-refractivity contribution is 0.791. The van der Waals surface area contributed by atoms with Crippen LogP contribution in [0, 0.1) is 0 Å². The van der Waals surface area contributed by atoms with Crippen molar-refractivity contribution in [3.05, 3.63) is 53.9 Å². The average Bonchev–Trinajstić information content (AvgIpc) is 2.91. The maximum absolute atomic E-state index is 4.60. The fourth-order valence-electron chi connectivity index (χ4n) is 2.93. The van der Waals surface area contributed by atoms with Gasteiger partial charge in [-0.1, -0.05) is 70.2 Å². The van der Waals surface area contributed by atoms with Crippen molar-refractivity contribution in [2.24, 2.45) is 0 Å². The molecule has 3 rings (SSSR count). The highest BCUT2D eigenvalue weighted by Gasteiger charge is 2.20. The molecular weight excluding hydrogens is 256 g/mol. The zero-order valence-corrected chi connectivity index (χ0v) is 13.1. The summed E-state index contributed by atoms with van der Waals surface area (Å²) in [6.45, 7) is 8.84. The van der Waals surface area contributed by atoms with Gasteiger partial charge in [-0.05, 0) is 28.2 Å². The van der Waals surface area contributed by atoms with Crippen molar-refractivity contribution in [3.8, 4) is 11.1 Å². The highest BCUT2D eigenvalue weighted by Crippen LogP contribution is 2.37. The molecule has 2 heteroatoms. The Kier molecular flexibility index (Phi) is 3.54. The average molecular weight is 278 g/mol. The van der Waals surface area contributed by atoms with E-state index in [2.05, 4.69) is 80.4 Å². The predicted molar refractivity (Wildman–Crippen MR) is 89.7 cm³/mol. The van der Waals surface area contributed by atoms with E-state index in [1.807, 2.05) is 0 Å². The van der Waals surface area contributed by atoms with E-state index in [4.69, 9.17) is 0 Å². The number of benzene rings is 2. The molecule has 0 spiro atoms. The molecule has 21 heavy (non-hydrogen) atoms. The van der Waals surface area contributed by atoms with Gasteiger partial charge in [-0.25, -0.2) is 0 Å². The van der Waals surface area contributed by atoms with Crippen LogP contribution in [0.5, 0.6) is 0 Å². The Labute approximate surface area is 126 Å². The first kappa shape index (κ1) is 13.9. The van der Waals surface area contributed by atoms with Gasteiger partial charge in [-0.2, -0.15) is 5.10 Å². The number of H-pyrrole nitrogens is 1. The monoisotopic (exact) mass is 278 g/mol. The maximum atomic E-state index is 4.60. The molecule has 0 aliphatic heterocycles. The van der Waals surface area contributed by atoms with E-state index in [1.54, 1.807) is 0 Å². The standard InChI is InChI=1S/C19H22N2/c1-12(2)18-17(19(13(3)4)21-20-18)16-11-7-9-14-8-5-6-10-15(14)16/h5-13H,1-4H3,(H,20,21). The molecule has 108 valence electrons. The molecule has 0 saturated carbocycles. The molecule has 3 aromatic rings. The molecule has 1 aromatic heterocycles. The van der Waals surface area contributed by atoms with Gasteiger partial charge in [0.05, 0.1) is 5.69 Å². The van der Waals surface area contributed by atoms with Crippen LogP contribution in [0.3, 0.4) is 0 Å². The Bertz CT molecular complexity index is 735. The van der Waals surface area contributed by atoms with Crippen LogP contribution in [0.4, 0.5) is 0 Å². The van der Waals surface area contributed by atoms with Gasteiger partial charge < -0.3 is 0 Å². The van der Waals surface area contributed by atoms with E-state index < -0.39 is 0 Å². The van der Waals surface area contributed by atoms with Crippen molar-refractivity contribution in [2.45, 2.75) is 39.5 Å². The largest absolute Gasteiger partial charge is 0.281 e. The zero-order chi connectivity index (χ0) is 15.0. The van der Waals surface area contributed by atoms with Crippen LogP contribution in [0.2, 0.25) is 0 Å². The Morgan fingerprint density at radius 2 is 1.57 bits per heavy atom. The second-order valence-corrected chi connectivity index (χ2v) is 6.23. The van der Waals surface area contributed by atoms with Gasteiger partial charge >= 0.3 is 0 Å². The highest BCUT2D eigenvalue weighted by atomic mass is 15.1. The molecule has 0 bridgehead atoms. The SMILES string of the molecule is CC(C)c1n[nH]c(C(C)C)c1-c1cccc2ccccc12. The van der Waals surface area contributed by atoms with Crippen LogP contribution in [-0.4, -0.2) is 10.2 Å². The first-order valence-corrected chi connectivity index (χ1v) is 7.66. The number of rotatable bonds is 3. The van der Waals surface area contributed by atoms with Crippen molar-refractivity contribution in [3.63, 3.8) is 0 Å². The van der Waals surface area contributed by atoms with E-state index in [1.165, 1.54) is 27.6 Å². The number of hydrogen-bond donors (Lipinski definition) is 1. The molecular formula is C19H22N2. The van der Waals surface area contributed by atoms with Gasteiger partial charge in [0.2, 0.25) is 0 Å². The Morgan fingerprint density at radius 1 is 0.857 bits per heavy atom. The molecule has 2 aromatic carbocycles. The van der Waals surface area contributed by atoms with E-state index in [-0.39, 0.29) is 0 Å². The molecule has 1 N–H and O–H groups in total.